The molecule has 2 N–H and O–H groups in total. The van der Waals surface area contributed by atoms with E-state index in [2.05, 4.69) is 4.72 Å². The first-order chi connectivity index (χ1) is 16.5. The normalized spacial score (nSPS) is 15.2. The van der Waals surface area contributed by atoms with E-state index in [4.69, 9.17) is 13.9 Å². The number of halogens is 1. The van der Waals surface area contributed by atoms with Gasteiger partial charge in [0.2, 0.25) is 10.0 Å². The van der Waals surface area contributed by atoms with E-state index in [0.717, 1.165) is 19.5 Å². The number of hydrogen-bond donors (Lipinski definition) is 2. The summed E-state index contributed by atoms with van der Waals surface area (Å²) in [4.78, 5) is 1.78. The lowest BCUT2D eigenvalue weighted by molar-refractivity contribution is 0.124. The summed E-state index contributed by atoms with van der Waals surface area (Å²) < 4.78 is 61.0. The Morgan fingerprint density at radius 2 is 1.91 bits per heavy atom. The van der Waals surface area contributed by atoms with Gasteiger partial charge in [-0.15, -0.1) is 0 Å². The Hall–Kier alpha value is -2.82. The maximum atomic E-state index is 14.7. The monoisotopic (exact) mass is 506 g/mol. The molecule has 35 heavy (non-hydrogen) atoms. The Labute approximate surface area is 204 Å². The van der Waals surface area contributed by atoms with Crippen molar-refractivity contribution in [1.82, 2.24) is 4.72 Å². The molecule has 0 saturated carbocycles. The zero-order chi connectivity index (χ0) is 25.4. The number of aliphatic hydroxyl groups is 1. The van der Waals surface area contributed by atoms with Crippen LogP contribution in [0.5, 0.6) is 11.5 Å². The lowest BCUT2D eigenvalue weighted by atomic mass is 10.1. The van der Waals surface area contributed by atoms with Crippen molar-refractivity contribution in [3.63, 3.8) is 0 Å². The summed E-state index contributed by atoms with van der Waals surface area (Å²) in [6.45, 7) is 9.25. The van der Waals surface area contributed by atoms with Crippen LogP contribution in [0.2, 0.25) is 0 Å². The highest BCUT2D eigenvalue weighted by atomic mass is 32.2. The van der Waals surface area contributed by atoms with Gasteiger partial charge in [0.05, 0.1) is 12.0 Å². The molecule has 1 saturated heterocycles. The molecule has 0 amide bonds. The van der Waals surface area contributed by atoms with Gasteiger partial charge in [0, 0.05) is 24.8 Å². The van der Waals surface area contributed by atoms with E-state index in [1.54, 1.807) is 32.9 Å². The van der Waals surface area contributed by atoms with Crippen LogP contribution in [0, 0.1) is 5.82 Å². The standard InChI is InChI=1S/C25H31FN2O6S/c1-5-12-32-19-8-6-9-20(34-25(2,3)4)23(19)35(30,31)27-24(29)22-15-17-18(26)13-16(14-21(17)33-22)28-10-7-11-28/h6,8-9,13-15,24,27,29H,5,7,10-12H2,1-4H3. The summed E-state index contributed by atoms with van der Waals surface area (Å²) in [5.41, 5.74) is 0.225. The molecule has 1 unspecified atom stereocenters. The lowest BCUT2D eigenvalue weighted by Crippen LogP contribution is -2.36. The van der Waals surface area contributed by atoms with E-state index in [0.29, 0.717) is 18.7 Å². The maximum Gasteiger partial charge on any atom is 0.250 e. The van der Waals surface area contributed by atoms with Gasteiger partial charge in [0.25, 0.3) is 0 Å². The molecule has 0 bridgehead atoms. The van der Waals surface area contributed by atoms with E-state index >= 15 is 0 Å². The molecule has 1 aromatic heterocycles. The van der Waals surface area contributed by atoms with Gasteiger partial charge >= 0.3 is 0 Å². The van der Waals surface area contributed by atoms with Crippen molar-refractivity contribution in [1.29, 1.82) is 0 Å². The molecular formula is C25H31FN2O6S. The van der Waals surface area contributed by atoms with Crippen molar-refractivity contribution in [2.24, 2.45) is 0 Å². The minimum Gasteiger partial charge on any atom is -0.492 e. The van der Waals surface area contributed by atoms with E-state index in [9.17, 15) is 17.9 Å². The van der Waals surface area contributed by atoms with Crippen molar-refractivity contribution < 1.29 is 31.8 Å². The first-order valence-corrected chi connectivity index (χ1v) is 13.1. The first kappa shape index (κ1) is 25.3. The minimum atomic E-state index is -4.35. The summed E-state index contributed by atoms with van der Waals surface area (Å²) in [6, 6.07) is 9.09. The molecular weight excluding hydrogens is 475 g/mol. The second-order valence-electron chi connectivity index (χ2n) is 9.50. The molecule has 2 aromatic carbocycles. The average molecular weight is 507 g/mol. The number of anilines is 1. The third kappa shape index (κ3) is 5.55. The zero-order valence-electron chi connectivity index (χ0n) is 20.3. The molecule has 0 aliphatic carbocycles. The van der Waals surface area contributed by atoms with Crippen LogP contribution in [-0.2, 0) is 10.0 Å². The van der Waals surface area contributed by atoms with Crippen LogP contribution in [0.25, 0.3) is 11.0 Å². The number of hydrogen-bond acceptors (Lipinski definition) is 7. The number of nitrogens with zero attached hydrogens (tertiary/aromatic N) is 1. The van der Waals surface area contributed by atoms with Crippen molar-refractivity contribution in [2.45, 2.75) is 57.3 Å². The van der Waals surface area contributed by atoms with Gasteiger partial charge in [0.1, 0.15) is 34.3 Å². The van der Waals surface area contributed by atoms with Gasteiger partial charge in [-0.2, -0.15) is 4.72 Å². The average Bonchev–Trinajstić information content (AvgIpc) is 3.14. The van der Waals surface area contributed by atoms with E-state index < -0.39 is 27.7 Å². The van der Waals surface area contributed by atoms with Crippen LogP contribution in [-0.4, -0.2) is 38.8 Å². The number of nitrogens with one attached hydrogen (secondary N) is 1. The molecule has 0 spiro atoms. The first-order valence-electron chi connectivity index (χ1n) is 11.6. The van der Waals surface area contributed by atoms with Crippen molar-refractivity contribution in [2.75, 3.05) is 24.6 Å². The molecule has 10 heteroatoms. The summed E-state index contributed by atoms with van der Waals surface area (Å²) >= 11 is 0. The molecule has 4 rings (SSSR count). The predicted octanol–water partition coefficient (Wildman–Crippen LogP) is 4.72. The maximum absolute atomic E-state index is 14.7. The Morgan fingerprint density at radius 1 is 1.20 bits per heavy atom. The van der Waals surface area contributed by atoms with Crippen molar-refractivity contribution >= 4 is 26.7 Å². The number of ether oxygens (including phenoxy) is 2. The molecule has 0 radical (unpaired) electrons. The fraction of sp³-hybridized carbons (Fsp3) is 0.440. The van der Waals surface area contributed by atoms with E-state index in [-0.39, 0.29) is 33.1 Å². The van der Waals surface area contributed by atoms with Crippen LogP contribution in [0.4, 0.5) is 10.1 Å². The summed E-state index contributed by atoms with van der Waals surface area (Å²) in [5.74, 6) is -0.453. The predicted molar refractivity (Wildman–Crippen MR) is 131 cm³/mol. The fourth-order valence-corrected chi connectivity index (χ4v) is 5.05. The van der Waals surface area contributed by atoms with Crippen LogP contribution in [0.15, 0.2) is 45.7 Å². The smallest absolute Gasteiger partial charge is 0.250 e. The molecule has 1 aliphatic rings. The Kier molecular flexibility index (Phi) is 6.99. The Bertz CT molecular complexity index is 1310. The summed E-state index contributed by atoms with van der Waals surface area (Å²) in [5, 5.41) is 10.9. The number of aliphatic hydroxyl groups excluding tert-OH is 1. The topological polar surface area (TPSA) is 101 Å². The lowest BCUT2D eigenvalue weighted by Gasteiger charge is -2.33. The fourth-order valence-electron chi connectivity index (χ4n) is 3.75. The van der Waals surface area contributed by atoms with Crippen LogP contribution >= 0.6 is 0 Å². The minimum absolute atomic E-state index is 0.0839. The van der Waals surface area contributed by atoms with Gasteiger partial charge in [-0.3, -0.25) is 0 Å². The number of furan rings is 1. The number of sulfonamides is 1. The van der Waals surface area contributed by atoms with Gasteiger partial charge in [-0.05, 0) is 57.9 Å². The molecule has 8 nitrogen and oxygen atoms in total. The summed E-state index contributed by atoms with van der Waals surface area (Å²) in [6.07, 6.45) is -0.0569. The molecule has 190 valence electrons. The van der Waals surface area contributed by atoms with Crippen LogP contribution in [0.3, 0.4) is 0 Å². The molecule has 1 aliphatic heterocycles. The van der Waals surface area contributed by atoms with Gasteiger partial charge in [-0.25, -0.2) is 12.8 Å². The number of benzene rings is 2. The van der Waals surface area contributed by atoms with Gasteiger partial charge in [0.15, 0.2) is 11.1 Å². The Morgan fingerprint density at radius 3 is 2.54 bits per heavy atom. The molecule has 1 atom stereocenters. The number of rotatable bonds is 9. The van der Waals surface area contributed by atoms with E-state index in [1.807, 2.05) is 11.8 Å². The zero-order valence-corrected chi connectivity index (χ0v) is 21.1. The molecule has 2 heterocycles. The number of fused-ring (bicyclic) bond motifs is 1. The SMILES string of the molecule is CCCOc1cccc(OC(C)(C)C)c1S(=O)(=O)NC(O)c1cc2c(F)cc(N3CCC3)cc2o1. The van der Waals surface area contributed by atoms with Gasteiger partial charge < -0.3 is 23.9 Å². The van der Waals surface area contributed by atoms with Gasteiger partial charge in [-0.1, -0.05) is 13.0 Å². The second kappa shape index (κ2) is 9.67. The third-order valence-electron chi connectivity index (χ3n) is 5.44. The second-order valence-corrected chi connectivity index (χ2v) is 11.1. The largest absolute Gasteiger partial charge is 0.492 e. The molecule has 1 fully saturated rings. The van der Waals surface area contributed by atoms with Crippen LogP contribution < -0.4 is 19.1 Å². The Balaban J connectivity index is 1.67. The van der Waals surface area contributed by atoms with Crippen molar-refractivity contribution in [3.8, 4) is 11.5 Å². The molecule has 3 aromatic rings. The van der Waals surface area contributed by atoms with Crippen molar-refractivity contribution in [3.05, 3.63) is 48.0 Å². The quantitative estimate of drug-likeness (QED) is 0.405. The highest BCUT2D eigenvalue weighted by Gasteiger charge is 2.31. The van der Waals surface area contributed by atoms with Crippen LogP contribution in [0.1, 0.15) is 52.5 Å². The highest BCUT2D eigenvalue weighted by molar-refractivity contribution is 7.89. The summed E-state index contributed by atoms with van der Waals surface area (Å²) in [7, 11) is -4.35. The third-order valence-corrected chi connectivity index (χ3v) is 6.91. The highest BCUT2D eigenvalue weighted by Crippen LogP contribution is 2.37. The van der Waals surface area contributed by atoms with E-state index in [1.165, 1.54) is 24.3 Å².